The zero-order valence-electron chi connectivity index (χ0n) is 17.8. The molecule has 1 aliphatic heterocycles. The van der Waals surface area contributed by atoms with Gasteiger partial charge < -0.3 is 16.2 Å². The molecule has 8 nitrogen and oxygen atoms in total. The summed E-state index contributed by atoms with van der Waals surface area (Å²) in [7, 11) is 0. The Bertz CT molecular complexity index is 1290. The Hall–Kier alpha value is -4.45. The Balaban J connectivity index is 1.69. The van der Waals surface area contributed by atoms with Crippen molar-refractivity contribution in [1.82, 2.24) is 9.97 Å². The summed E-state index contributed by atoms with van der Waals surface area (Å²) in [5.74, 6) is 4.21. The second-order valence-corrected chi connectivity index (χ2v) is 7.52. The van der Waals surface area contributed by atoms with E-state index in [1.807, 2.05) is 24.3 Å². The van der Waals surface area contributed by atoms with Crippen LogP contribution >= 0.6 is 0 Å². The van der Waals surface area contributed by atoms with Crippen molar-refractivity contribution in [1.29, 1.82) is 5.41 Å². The van der Waals surface area contributed by atoms with Crippen LogP contribution in [-0.4, -0.2) is 39.3 Å². The third-order valence-corrected chi connectivity index (χ3v) is 5.27. The standard InChI is InChI=1S/C24H21FN6O2/c1-2-5-20(33)31-12-17(9-14-6-3-4-7-19(14)31)30-24-21(23(27)28-13-29-24)22(26)15-8-16(25)11-18(32)10-15/h3-4,6-8,10-11,13,17,26,32H,9,12H2,1H3,(H3,27,28,29,30). The van der Waals surface area contributed by atoms with Crippen LogP contribution in [0.4, 0.5) is 21.7 Å². The molecule has 2 aromatic carbocycles. The lowest BCUT2D eigenvalue weighted by molar-refractivity contribution is -0.113. The summed E-state index contributed by atoms with van der Waals surface area (Å²) < 4.78 is 13.8. The normalized spacial score (nSPS) is 14.6. The van der Waals surface area contributed by atoms with Gasteiger partial charge in [0.25, 0.3) is 0 Å². The first-order chi connectivity index (χ1) is 15.9. The van der Waals surface area contributed by atoms with E-state index in [0.717, 1.165) is 23.4 Å². The zero-order chi connectivity index (χ0) is 23.5. The minimum absolute atomic E-state index is 0.0299. The molecule has 0 radical (unpaired) electrons. The van der Waals surface area contributed by atoms with Gasteiger partial charge in [-0.25, -0.2) is 14.4 Å². The molecule has 166 valence electrons. The number of carbonyl (C=O) groups excluding carboxylic acids is 1. The van der Waals surface area contributed by atoms with Gasteiger partial charge in [0.2, 0.25) is 0 Å². The minimum atomic E-state index is -0.685. The highest BCUT2D eigenvalue weighted by Crippen LogP contribution is 2.30. The number of rotatable bonds is 4. The highest BCUT2D eigenvalue weighted by Gasteiger charge is 2.29. The van der Waals surface area contributed by atoms with E-state index in [0.29, 0.717) is 13.0 Å². The van der Waals surface area contributed by atoms with E-state index in [1.165, 1.54) is 12.4 Å². The summed E-state index contributed by atoms with van der Waals surface area (Å²) in [6.45, 7) is 1.93. The Labute approximate surface area is 189 Å². The van der Waals surface area contributed by atoms with Gasteiger partial charge in [0.1, 0.15) is 29.5 Å². The number of nitrogens with two attached hydrogens (primary N) is 1. The molecule has 0 spiro atoms. The number of hydrogen-bond acceptors (Lipinski definition) is 7. The number of amides is 1. The molecule has 1 atom stereocenters. The second kappa shape index (κ2) is 8.96. The van der Waals surface area contributed by atoms with Crippen molar-refractivity contribution in [3.63, 3.8) is 0 Å². The maximum atomic E-state index is 13.8. The number of fused-ring (bicyclic) bond motifs is 1. The number of carbonyl (C=O) groups is 1. The molecule has 1 unspecified atom stereocenters. The average molecular weight is 444 g/mol. The molecular weight excluding hydrogens is 423 g/mol. The highest BCUT2D eigenvalue weighted by molar-refractivity contribution is 6.16. The number of halogens is 1. The fourth-order valence-electron chi connectivity index (χ4n) is 3.87. The van der Waals surface area contributed by atoms with Crippen molar-refractivity contribution in [2.75, 3.05) is 22.5 Å². The first kappa shape index (κ1) is 21.8. The van der Waals surface area contributed by atoms with Crippen molar-refractivity contribution in [2.24, 2.45) is 0 Å². The van der Waals surface area contributed by atoms with Gasteiger partial charge in [0.15, 0.2) is 0 Å². The summed E-state index contributed by atoms with van der Waals surface area (Å²) >= 11 is 0. The van der Waals surface area contributed by atoms with Crippen molar-refractivity contribution >= 4 is 28.9 Å². The molecule has 3 aromatic rings. The fourth-order valence-corrected chi connectivity index (χ4v) is 3.87. The summed E-state index contributed by atoms with van der Waals surface area (Å²) in [6.07, 6.45) is 1.86. The number of phenolic OH excluding ortho intramolecular Hbond substituents is 1. The van der Waals surface area contributed by atoms with E-state index in [9.17, 15) is 14.3 Å². The Kier molecular flexibility index (Phi) is 5.91. The summed E-state index contributed by atoms with van der Waals surface area (Å²) in [5.41, 5.74) is 7.97. The maximum Gasteiger partial charge on any atom is 0.302 e. The topological polar surface area (TPSA) is 128 Å². The average Bonchev–Trinajstić information content (AvgIpc) is 2.78. The summed E-state index contributed by atoms with van der Waals surface area (Å²) in [4.78, 5) is 22.5. The number of anilines is 3. The number of nitrogen functional groups attached to an aromatic ring is 1. The number of aromatic nitrogens is 2. The van der Waals surface area contributed by atoms with Crippen molar-refractivity contribution < 1.29 is 14.3 Å². The fraction of sp³-hybridized carbons (Fsp3) is 0.167. The second-order valence-electron chi connectivity index (χ2n) is 7.52. The van der Waals surface area contributed by atoms with Crippen LogP contribution in [0.1, 0.15) is 23.6 Å². The number of hydrogen-bond donors (Lipinski definition) is 4. The molecule has 0 saturated heterocycles. The molecule has 33 heavy (non-hydrogen) atoms. The number of benzene rings is 2. The van der Waals surface area contributed by atoms with Gasteiger partial charge in [-0.3, -0.25) is 15.1 Å². The van der Waals surface area contributed by atoms with Crippen LogP contribution in [-0.2, 0) is 11.2 Å². The van der Waals surface area contributed by atoms with Crippen LogP contribution < -0.4 is 16.0 Å². The van der Waals surface area contributed by atoms with E-state index < -0.39 is 5.82 Å². The quantitative estimate of drug-likeness (QED) is 0.362. The van der Waals surface area contributed by atoms with Gasteiger partial charge >= 0.3 is 5.91 Å². The Morgan fingerprint density at radius 1 is 1.30 bits per heavy atom. The van der Waals surface area contributed by atoms with Crippen LogP contribution in [0.15, 0.2) is 48.8 Å². The number of para-hydroxylation sites is 1. The molecule has 0 aliphatic carbocycles. The molecule has 2 heterocycles. The lowest BCUT2D eigenvalue weighted by Gasteiger charge is -2.34. The highest BCUT2D eigenvalue weighted by atomic mass is 19.1. The van der Waals surface area contributed by atoms with Crippen LogP contribution in [0.3, 0.4) is 0 Å². The SMILES string of the molecule is CC#CC(=O)N1CC(Nc2ncnc(N)c2C(=N)c2cc(O)cc(F)c2)Cc2ccccc21. The molecule has 9 heteroatoms. The lowest BCUT2D eigenvalue weighted by atomic mass is 9.97. The van der Waals surface area contributed by atoms with Gasteiger partial charge in [-0.15, -0.1) is 0 Å². The molecule has 5 N–H and O–H groups in total. The number of phenols is 1. The van der Waals surface area contributed by atoms with Crippen LogP contribution in [0.5, 0.6) is 5.75 Å². The van der Waals surface area contributed by atoms with E-state index >= 15 is 0 Å². The largest absolute Gasteiger partial charge is 0.508 e. The number of aromatic hydroxyl groups is 1. The Morgan fingerprint density at radius 2 is 2.09 bits per heavy atom. The van der Waals surface area contributed by atoms with E-state index in [1.54, 1.807) is 11.8 Å². The van der Waals surface area contributed by atoms with Crippen LogP contribution in [0.25, 0.3) is 0 Å². The van der Waals surface area contributed by atoms with E-state index in [-0.39, 0.29) is 46.2 Å². The minimum Gasteiger partial charge on any atom is -0.508 e. The maximum absolute atomic E-state index is 13.8. The molecule has 0 bridgehead atoms. The monoisotopic (exact) mass is 444 g/mol. The molecule has 1 amide bonds. The van der Waals surface area contributed by atoms with Crippen molar-refractivity contribution in [3.05, 3.63) is 71.3 Å². The van der Waals surface area contributed by atoms with Gasteiger partial charge in [0, 0.05) is 29.9 Å². The first-order valence-corrected chi connectivity index (χ1v) is 10.2. The predicted molar refractivity (Wildman–Crippen MR) is 124 cm³/mol. The van der Waals surface area contributed by atoms with Gasteiger partial charge in [-0.05, 0) is 43.0 Å². The number of nitrogens with one attached hydrogen (secondary N) is 2. The van der Waals surface area contributed by atoms with E-state index in [2.05, 4.69) is 27.1 Å². The third kappa shape index (κ3) is 4.45. The van der Waals surface area contributed by atoms with Crippen LogP contribution in [0, 0.1) is 23.1 Å². The summed E-state index contributed by atoms with van der Waals surface area (Å²) in [5, 5.41) is 21.6. The van der Waals surface area contributed by atoms with Crippen LogP contribution in [0.2, 0.25) is 0 Å². The van der Waals surface area contributed by atoms with Gasteiger partial charge in [-0.1, -0.05) is 24.1 Å². The predicted octanol–water partition coefficient (Wildman–Crippen LogP) is 2.71. The smallest absolute Gasteiger partial charge is 0.302 e. The van der Waals surface area contributed by atoms with Crippen molar-refractivity contribution in [3.8, 4) is 17.6 Å². The van der Waals surface area contributed by atoms with Gasteiger partial charge in [-0.2, -0.15) is 0 Å². The zero-order valence-corrected chi connectivity index (χ0v) is 17.8. The number of nitrogens with zero attached hydrogens (tertiary/aromatic N) is 3. The molecule has 0 fully saturated rings. The lowest BCUT2D eigenvalue weighted by Crippen LogP contribution is -2.45. The third-order valence-electron chi connectivity index (χ3n) is 5.27. The summed E-state index contributed by atoms with van der Waals surface area (Å²) in [6, 6.07) is 10.7. The van der Waals surface area contributed by atoms with E-state index in [4.69, 9.17) is 11.1 Å². The Morgan fingerprint density at radius 3 is 2.85 bits per heavy atom. The van der Waals surface area contributed by atoms with Gasteiger partial charge in [0.05, 0.1) is 11.3 Å². The molecule has 4 rings (SSSR count). The van der Waals surface area contributed by atoms with Crippen molar-refractivity contribution in [2.45, 2.75) is 19.4 Å². The molecule has 1 aromatic heterocycles. The molecular formula is C24H21FN6O2. The first-order valence-electron chi connectivity index (χ1n) is 10.2. The molecule has 1 aliphatic rings. The molecule has 0 saturated carbocycles.